The Bertz CT molecular complexity index is 1240. The maximum absolute atomic E-state index is 13.7. The summed E-state index contributed by atoms with van der Waals surface area (Å²) in [6.45, 7) is 1.12. The molecule has 18 nitrogen and oxygen atoms in total. The first-order valence-electron chi connectivity index (χ1n) is 16.3. The summed E-state index contributed by atoms with van der Waals surface area (Å²) >= 11 is 0. The van der Waals surface area contributed by atoms with Crippen LogP contribution in [0.5, 0.6) is 0 Å². The van der Waals surface area contributed by atoms with Gasteiger partial charge in [-0.05, 0) is 77.4 Å². The molecule has 0 bridgehead atoms. The maximum atomic E-state index is 13.7. The van der Waals surface area contributed by atoms with E-state index in [4.69, 9.17) is 22.9 Å². The molecule has 15 N–H and O–H groups in total. The molecule has 0 aliphatic rings. The summed E-state index contributed by atoms with van der Waals surface area (Å²) in [5.74, 6) is -3.77. The van der Waals surface area contributed by atoms with Crippen molar-refractivity contribution >= 4 is 29.6 Å². The van der Waals surface area contributed by atoms with E-state index < -0.39 is 59.8 Å². The highest BCUT2D eigenvalue weighted by molar-refractivity contribution is 5.95. The van der Waals surface area contributed by atoms with Crippen LogP contribution in [0.4, 0.5) is 0 Å². The molecule has 5 atom stereocenters. The smallest absolute Gasteiger partial charge is 0.326 e. The van der Waals surface area contributed by atoms with Gasteiger partial charge in [0.05, 0.1) is 30.1 Å². The molecule has 48 heavy (non-hydrogen) atoms. The number of aliphatic carboxylic acids is 1. The van der Waals surface area contributed by atoms with Crippen LogP contribution in [-0.4, -0.2) is 104 Å². The lowest BCUT2D eigenvalue weighted by molar-refractivity contribution is -0.142. The molecular formula is C30H52N12O6. The number of nitrogens with two attached hydrogens (primary N) is 4. The normalized spacial score (nSPS) is 14.2. The second-order valence-corrected chi connectivity index (χ2v) is 11.6. The number of rotatable bonds is 25. The van der Waals surface area contributed by atoms with E-state index in [0.717, 1.165) is 0 Å². The molecule has 2 aromatic rings. The van der Waals surface area contributed by atoms with Crippen LogP contribution in [0.25, 0.3) is 0 Å². The van der Waals surface area contributed by atoms with Gasteiger partial charge in [-0.3, -0.25) is 19.2 Å². The number of imidazole rings is 2. The van der Waals surface area contributed by atoms with Gasteiger partial charge in [0.1, 0.15) is 24.2 Å². The summed E-state index contributed by atoms with van der Waals surface area (Å²) in [6, 6.07) is -5.48. The average molecular weight is 677 g/mol. The Morgan fingerprint density at radius 3 is 1.33 bits per heavy atom. The molecule has 0 aliphatic heterocycles. The standard InChI is InChI=1S/C30H52N12O6/c31-10-4-1-7-22(39-26(43)21(34)13-19-15-35-17-37-19)27(44)40-23(8-2-5-11-32)28(45)41-24(9-3-6-12-33)29(46)42-25(30(47)48)14-20-16-36-18-38-20/h15-18,21-25H,1-14,31-34H2,(H,35,37)(H,36,38)(H,39,43)(H,40,44)(H,41,45)(H,42,46)(H,47,48)/t21-,22-,23-,24-,25-/m0/s1. The lowest BCUT2D eigenvalue weighted by Crippen LogP contribution is -2.58. The number of H-pyrrole nitrogens is 2. The van der Waals surface area contributed by atoms with Gasteiger partial charge in [0.2, 0.25) is 23.6 Å². The summed E-state index contributed by atoms with van der Waals surface area (Å²) in [5, 5.41) is 20.4. The molecular weight excluding hydrogens is 624 g/mol. The van der Waals surface area contributed by atoms with Crippen molar-refractivity contribution in [3.05, 3.63) is 36.4 Å². The number of nitrogens with one attached hydrogen (secondary N) is 6. The van der Waals surface area contributed by atoms with Crippen LogP contribution < -0.4 is 44.2 Å². The van der Waals surface area contributed by atoms with Crippen LogP contribution in [0.1, 0.15) is 69.2 Å². The molecule has 0 saturated carbocycles. The van der Waals surface area contributed by atoms with Crippen LogP contribution in [0, 0.1) is 0 Å². The van der Waals surface area contributed by atoms with Crippen molar-refractivity contribution in [2.75, 3.05) is 19.6 Å². The van der Waals surface area contributed by atoms with Crippen LogP contribution in [0.3, 0.4) is 0 Å². The molecule has 0 fully saturated rings. The zero-order valence-corrected chi connectivity index (χ0v) is 27.3. The summed E-state index contributed by atoms with van der Waals surface area (Å²) in [4.78, 5) is 79.1. The molecule has 4 amide bonds. The van der Waals surface area contributed by atoms with Gasteiger partial charge in [-0.1, -0.05) is 0 Å². The summed E-state index contributed by atoms with van der Waals surface area (Å²) < 4.78 is 0. The minimum atomic E-state index is -1.30. The van der Waals surface area contributed by atoms with E-state index in [1.807, 2.05) is 0 Å². The summed E-state index contributed by atoms with van der Waals surface area (Å²) in [6.07, 6.45) is 9.95. The van der Waals surface area contributed by atoms with E-state index in [1.54, 1.807) is 6.20 Å². The average Bonchev–Trinajstić information content (AvgIpc) is 3.77. The molecule has 0 spiro atoms. The third-order valence-electron chi connectivity index (χ3n) is 7.64. The van der Waals surface area contributed by atoms with E-state index in [-0.39, 0.29) is 32.1 Å². The first kappa shape index (κ1) is 39.8. The van der Waals surface area contributed by atoms with Gasteiger partial charge in [0.25, 0.3) is 0 Å². The SMILES string of the molecule is NCCCC[C@H](NC(=O)[C@H](CCCCN)NC(=O)[C@H](CCCCN)NC(=O)[C@@H](N)Cc1c[nH]cn1)C(=O)N[C@@H](Cc1c[nH]cn1)C(=O)O. The lowest BCUT2D eigenvalue weighted by Gasteiger charge is -2.26. The largest absolute Gasteiger partial charge is 0.480 e. The topological polar surface area (TPSA) is 315 Å². The predicted octanol–water partition coefficient (Wildman–Crippen LogP) is -2.34. The third-order valence-corrected chi connectivity index (χ3v) is 7.64. The van der Waals surface area contributed by atoms with E-state index in [1.165, 1.54) is 18.9 Å². The number of unbranched alkanes of at least 4 members (excludes halogenated alkanes) is 3. The zero-order valence-electron chi connectivity index (χ0n) is 27.3. The van der Waals surface area contributed by atoms with Crippen molar-refractivity contribution in [1.82, 2.24) is 41.2 Å². The van der Waals surface area contributed by atoms with Crippen molar-refractivity contribution in [3.63, 3.8) is 0 Å². The molecule has 268 valence electrons. The first-order chi connectivity index (χ1) is 23.1. The highest BCUT2D eigenvalue weighted by Crippen LogP contribution is 2.09. The Labute approximate surface area is 279 Å². The number of carboxylic acid groups (broad SMARTS) is 1. The number of carboxylic acids is 1. The fraction of sp³-hybridized carbons (Fsp3) is 0.633. The monoisotopic (exact) mass is 676 g/mol. The van der Waals surface area contributed by atoms with Gasteiger partial charge in [-0.15, -0.1) is 0 Å². The van der Waals surface area contributed by atoms with Gasteiger partial charge in [0, 0.05) is 25.2 Å². The molecule has 2 rings (SSSR count). The van der Waals surface area contributed by atoms with Crippen molar-refractivity contribution in [1.29, 1.82) is 0 Å². The molecule has 0 aromatic carbocycles. The fourth-order valence-electron chi connectivity index (χ4n) is 4.91. The Morgan fingerprint density at radius 1 is 0.604 bits per heavy atom. The van der Waals surface area contributed by atoms with Crippen LogP contribution in [0.15, 0.2) is 25.0 Å². The van der Waals surface area contributed by atoms with Crippen molar-refractivity contribution in [2.24, 2.45) is 22.9 Å². The third kappa shape index (κ3) is 14.6. The number of amides is 4. The quantitative estimate of drug-likeness (QED) is 0.0493. The number of hydrogen-bond donors (Lipinski definition) is 11. The Balaban J connectivity index is 2.19. The highest BCUT2D eigenvalue weighted by atomic mass is 16.4. The number of nitrogens with zero attached hydrogens (tertiary/aromatic N) is 2. The van der Waals surface area contributed by atoms with Gasteiger partial charge >= 0.3 is 5.97 Å². The van der Waals surface area contributed by atoms with Gasteiger partial charge in [-0.25, -0.2) is 14.8 Å². The zero-order chi connectivity index (χ0) is 35.3. The fourth-order valence-corrected chi connectivity index (χ4v) is 4.91. The summed E-state index contributed by atoms with van der Waals surface area (Å²) in [5.41, 5.74) is 24.0. The number of aromatic amines is 2. The lowest BCUT2D eigenvalue weighted by atomic mass is 10.0. The van der Waals surface area contributed by atoms with Gasteiger partial charge in [-0.2, -0.15) is 0 Å². The first-order valence-corrected chi connectivity index (χ1v) is 16.3. The van der Waals surface area contributed by atoms with E-state index in [0.29, 0.717) is 69.5 Å². The van der Waals surface area contributed by atoms with Crippen molar-refractivity contribution in [3.8, 4) is 0 Å². The predicted molar refractivity (Wildman–Crippen MR) is 177 cm³/mol. The number of carbonyl (C=O) groups is 5. The summed E-state index contributed by atoms with van der Waals surface area (Å²) in [7, 11) is 0. The minimum absolute atomic E-state index is 0.0750. The molecule has 0 aliphatic carbocycles. The second kappa shape index (κ2) is 22.2. The van der Waals surface area contributed by atoms with Gasteiger partial charge in [0.15, 0.2) is 0 Å². The molecule has 0 radical (unpaired) electrons. The molecule has 0 saturated heterocycles. The number of carbonyl (C=O) groups excluding carboxylic acids is 4. The Kier molecular flexibility index (Phi) is 18.4. The molecule has 2 heterocycles. The molecule has 0 unspecified atom stereocenters. The van der Waals surface area contributed by atoms with E-state index in [9.17, 15) is 29.1 Å². The number of hydrogen-bond acceptors (Lipinski definition) is 11. The van der Waals surface area contributed by atoms with E-state index in [2.05, 4.69) is 41.2 Å². The van der Waals surface area contributed by atoms with E-state index >= 15 is 0 Å². The van der Waals surface area contributed by atoms with Gasteiger partial charge < -0.3 is 59.3 Å². The van der Waals surface area contributed by atoms with Crippen LogP contribution in [0.2, 0.25) is 0 Å². The highest BCUT2D eigenvalue weighted by Gasteiger charge is 2.32. The Hall–Kier alpha value is -4.39. The second-order valence-electron chi connectivity index (χ2n) is 11.6. The minimum Gasteiger partial charge on any atom is -0.480 e. The number of aromatic nitrogens is 4. The maximum Gasteiger partial charge on any atom is 0.326 e. The van der Waals surface area contributed by atoms with Crippen molar-refractivity contribution in [2.45, 2.75) is 101 Å². The Morgan fingerprint density at radius 2 is 0.979 bits per heavy atom. The van der Waals surface area contributed by atoms with Crippen LogP contribution >= 0.6 is 0 Å². The molecule has 2 aromatic heterocycles. The van der Waals surface area contributed by atoms with Crippen LogP contribution in [-0.2, 0) is 36.8 Å². The van der Waals surface area contributed by atoms with Crippen molar-refractivity contribution < 1.29 is 29.1 Å². The molecule has 18 heteroatoms.